The maximum atomic E-state index is 12.7. The van der Waals surface area contributed by atoms with E-state index >= 15 is 0 Å². The first-order valence-corrected chi connectivity index (χ1v) is 8.67. The quantitative estimate of drug-likeness (QED) is 0.665. The first kappa shape index (κ1) is 18.0. The van der Waals surface area contributed by atoms with Crippen molar-refractivity contribution in [1.82, 2.24) is 10.2 Å². The lowest BCUT2D eigenvalue weighted by Crippen LogP contribution is -2.64. The molecule has 4 nitrogen and oxygen atoms in total. The molecule has 21 heavy (non-hydrogen) atoms. The van der Waals surface area contributed by atoms with Crippen LogP contribution in [0.3, 0.4) is 0 Å². The molecule has 0 spiro atoms. The molecule has 3 atom stereocenters. The van der Waals surface area contributed by atoms with Crippen molar-refractivity contribution in [2.24, 2.45) is 5.92 Å². The zero-order valence-electron chi connectivity index (χ0n) is 14.2. The second-order valence-corrected chi connectivity index (χ2v) is 6.27. The summed E-state index contributed by atoms with van der Waals surface area (Å²) in [5.74, 6) is 0.360. The molecule has 1 rings (SSSR count). The van der Waals surface area contributed by atoms with Crippen LogP contribution in [0.25, 0.3) is 0 Å². The molecule has 0 radical (unpaired) electrons. The molecule has 122 valence electrons. The van der Waals surface area contributed by atoms with Crippen molar-refractivity contribution in [2.45, 2.75) is 84.7 Å². The number of piperazine rings is 1. The summed E-state index contributed by atoms with van der Waals surface area (Å²) in [5, 5.41) is 2.95. The van der Waals surface area contributed by atoms with Gasteiger partial charge in [0.25, 0.3) is 0 Å². The van der Waals surface area contributed by atoms with Gasteiger partial charge in [0.1, 0.15) is 12.1 Å². The number of hydrogen-bond acceptors (Lipinski definition) is 2. The van der Waals surface area contributed by atoms with Crippen molar-refractivity contribution < 1.29 is 9.59 Å². The minimum atomic E-state index is -0.332. The maximum Gasteiger partial charge on any atom is 0.246 e. The third-order valence-electron chi connectivity index (χ3n) is 4.55. The van der Waals surface area contributed by atoms with Crippen molar-refractivity contribution in [3.63, 3.8) is 0 Å². The van der Waals surface area contributed by atoms with Crippen LogP contribution in [0.2, 0.25) is 0 Å². The van der Waals surface area contributed by atoms with Crippen LogP contribution < -0.4 is 5.32 Å². The van der Waals surface area contributed by atoms with Crippen LogP contribution >= 0.6 is 0 Å². The number of nitrogens with one attached hydrogen (secondary N) is 1. The van der Waals surface area contributed by atoms with Gasteiger partial charge in [0, 0.05) is 6.54 Å². The maximum absolute atomic E-state index is 12.7. The summed E-state index contributed by atoms with van der Waals surface area (Å²) in [4.78, 5) is 26.9. The monoisotopic (exact) mass is 296 g/mol. The Labute approximate surface area is 129 Å². The zero-order chi connectivity index (χ0) is 15.8. The predicted octanol–water partition coefficient (Wildman–Crippen LogP) is 3.11. The molecule has 1 N–H and O–H groups in total. The van der Waals surface area contributed by atoms with Crippen LogP contribution in [-0.4, -0.2) is 35.3 Å². The molecule has 1 heterocycles. The van der Waals surface area contributed by atoms with Crippen LogP contribution in [0.4, 0.5) is 0 Å². The highest BCUT2D eigenvalue weighted by atomic mass is 16.2. The van der Waals surface area contributed by atoms with E-state index in [0.29, 0.717) is 0 Å². The van der Waals surface area contributed by atoms with Crippen molar-refractivity contribution in [3.05, 3.63) is 0 Å². The molecule has 0 aromatic carbocycles. The fourth-order valence-corrected chi connectivity index (χ4v) is 2.94. The average Bonchev–Trinajstić information content (AvgIpc) is 2.48. The molecule has 4 heteroatoms. The number of amides is 2. The highest BCUT2D eigenvalue weighted by Crippen LogP contribution is 2.21. The Balaban J connectivity index is 2.77. The third-order valence-corrected chi connectivity index (χ3v) is 4.55. The molecule has 0 saturated carbocycles. The van der Waals surface area contributed by atoms with Gasteiger partial charge >= 0.3 is 0 Å². The van der Waals surface area contributed by atoms with Crippen LogP contribution in [-0.2, 0) is 9.59 Å². The number of rotatable bonds is 9. The van der Waals surface area contributed by atoms with E-state index in [1.807, 2.05) is 11.8 Å². The Morgan fingerprint density at radius 3 is 2.38 bits per heavy atom. The normalized spacial score (nSPS) is 24.1. The standard InChI is InChI=1S/C17H32N2O2/c1-5-8-9-10-12-19-14(11-6-2)16(20)18-15(17(19)21)13(4)7-3/h13-15H,5-12H2,1-4H3,(H,18,20). The van der Waals surface area contributed by atoms with Gasteiger partial charge in [0.05, 0.1) is 0 Å². The number of carbonyl (C=O) groups is 2. The average molecular weight is 296 g/mol. The summed E-state index contributed by atoms with van der Waals surface area (Å²) in [6.07, 6.45) is 7.10. The number of hydrogen-bond donors (Lipinski definition) is 1. The van der Waals surface area contributed by atoms with E-state index in [9.17, 15) is 9.59 Å². The molecule has 0 bridgehead atoms. The lowest BCUT2D eigenvalue weighted by atomic mass is 9.93. The van der Waals surface area contributed by atoms with E-state index in [4.69, 9.17) is 0 Å². The molecule has 1 saturated heterocycles. The van der Waals surface area contributed by atoms with E-state index in [0.717, 1.165) is 38.6 Å². The highest BCUT2D eigenvalue weighted by Gasteiger charge is 2.41. The molecule has 0 aliphatic carbocycles. The Bertz CT molecular complexity index is 344. The molecular formula is C17H32N2O2. The Hall–Kier alpha value is -1.06. The van der Waals surface area contributed by atoms with Crippen LogP contribution in [0, 0.1) is 5.92 Å². The molecule has 0 aromatic rings. The van der Waals surface area contributed by atoms with Gasteiger partial charge in [-0.25, -0.2) is 0 Å². The smallest absolute Gasteiger partial charge is 0.246 e. The molecule has 3 unspecified atom stereocenters. The van der Waals surface area contributed by atoms with E-state index in [-0.39, 0.29) is 29.8 Å². The van der Waals surface area contributed by atoms with Crippen molar-refractivity contribution in [3.8, 4) is 0 Å². The summed E-state index contributed by atoms with van der Waals surface area (Å²) < 4.78 is 0. The second kappa shape index (κ2) is 9.06. The predicted molar refractivity (Wildman–Crippen MR) is 85.9 cm³/mol. The van der Waals surface area contributed by atoms with Crippen LogP contribution in [0.5, 0.6) is 0 Å². The number of nitrogens with zero attached hydrogens (tertiary/aromatic N) is 1. The first-order valence-electron chi connectivity index (χ1n) is 8.67. The number of carbonyl (C=O) groups excluding carboxylic acids is 2. The minimum Gasteiger partial charge on any atom is -0.342 e. The summed E-state index contributed by atoms with van der Waals surface area (Å²) in [7, 11) is 0. The van der Waals surface area contributed by atoms with E-state index in [2.05, 4.69) is 26.1 Å². The lowest BCUT2D eigenvalue weighted by molar-refractivity contribution is -0.151. The molecule has 2 amide bonds. The van der Waals surface area contributed by atoms with Crippen LogP contribution in [0.15, 0.2) is 0 Å². The topological polar surface area (TPSA) is 49.4 Å². The van der Waals surface area contributed by atoms with Gasteiger partial charge in [0.2, 0.25) is 11.8 Å². The minimum absolute atomic E-state index is 0.0391. The van der Waals surface area contributed by atoms with Gasteiger partial charge in [0.15, 0.2) is 0 Å². The van der Waals surface area contributed by atoms with E-state index < -0.39 is 0 Å². The molecular weight excluding hydrogens is 264 g/mol. The summed E-state index contributed by atoms with van der Waals surface area (Å²) in [6, 6.07) is -0.591. The third kappa shape index (κ3) is 4.72. The van der Waals surface area contributed by atoms with Crippen molar-refractivity contribution in [2.75, 3.05) is 6.54 Å². The molecule has 1 fully saturated rings. The summed E-state index contributed by atoms with van der Waals surface area (Å²) >= 11 is 0. The fraction of sp³-hybridized carbons (Fsp3) is 0.882. The van der Waals surface area contributed by atoms with Crippen LogP contribution in [0.1, 0.15) is 72.6 Å². The highest BCUT2D eigenvalue weighted by molar-refractivity contribution is 5.97. The van der Waals surface area contributed by atoms with Gasteiger partial charge < -0.3 is 10.2 Å². The summed E-state index contributed by atoms with van der Waals surface area (Å²) in [5.41, 5.74) is 0. The van der Waals surface area contributed by atoms with Crippen molar-refractivity contribution >= 4 is 11.8 Å². The Kier molecular flexibility index (Phi) is 7.76. The zero-order valence-corrected chi connectivity index (χ0v) is 14.2. The lowest BCUT2D eigenvalue weighted by Gasteiger charge is -2.41. The van der Waals surface area contributed by atoms with Gasteiger partial charge in [-0.15, -0.1) is 0 Å². The van der Waals surface area contributed by atoms with Gasteiger partial charge in [-0.2, -0.15) is 0 Å². The van der Waals surface area contributed by atoms with Gasteiger partial charge in [-0.3, -0.25) is 9.59 Å². The largest absolute Gasteiger partial charge is 0.342 e. The van der Waals surface area contributed by atoms with Gasteiger partial charge in [-0.05, 0) is 18.8 Å². The van der Waals surface area contributed by atoms with Gasteiger partial charge in [-0.1, -0.05) is 59.8 Å². The SMILES string of the molecule is CCCCCCN1C(=O)C(C(C)CC)NC(=O)C1CCC. The van der Waals surface area contributed by atoms with Crippen molar-refractivity contribution in [1.29, 1.82) is 0 Å². The Morgan fingerprint density at radius 1 is 1.10 bits per heavy atom. The summed E-state index contributed by atoms with van der Waals surface area (Å²) in [6.45, 7) is 9.07. The Morgan fingerprint density at radius 2 is 1.81 bits per heavy atom. The number of unbranched alkanes of at least 4 members (excludes halogenated alkanes) is 3. The van der Waals surface area contributed by atoms with E-state index in [1.165, 1.54) is 12.8 Å². The second-order valence-electron chi connectivity index (χ2n) is 6.27. The van der Waals surface area contributed by atoms with E-state index in [1.54, 1.807) is 0 Å². The first-order chi connectivity index (χ1) is 10.1. The fourth-order valence-electron chi connectivity index (χ4n) is 2.94. The molecule has 0 aromatic heterocycles. The molecule has 1 aliphatic heterocycles. The molecule has 1 aliphatic rings.